The van der Waals surface area contributed by atoms with Gasteiger partial charge in [-0.25, -0.2) is 19.4 Å². The molecule has 252 valence electrons. The van der Waals surface area contributed by atoms with E-state index in [1.54, 1.807) is 0 Å². The van der Waals surface area contributed by atoms with Gasteiger partial charge < -0.3 is 15.3 Å². The molecule has 3 aromatic heterocycles. The molecule has 1 saturated heterocycles. The normalized spacial score (nSPS) is 16.5. The van der Waals surface area contributed by atoms with E-state index in [2.05, 4.69) is 25.5 Å². The lowest BCUT2D eigenvalue weighted by Crippen LogP contribution is -2.41. The Morgan fingerprint density at radius 2 is 1.85 bits per heavy atom. The molecular weight excluding hydrogens is 659 g/mol. The van der Waals surface area contributed by atoms with Crippen molar-refractivity contribution in [2.45, 2.75) is 63.5 Å². The number of pyridine rings is 1. The van der Waals surface area contributed by atoms with Crippen LogP contribution in [0.5, 0.6) is 0 Å². The van der Waals surface area contributed by atoms with Gasteiger partial charge in [0.25, 0.3) is 11.8 Å². The third kappa shape index (κ3) is 6.87. The van der Waals surface area contributed by atoms with Gasteiger partial charge in [-0.05, 0) is 62.6 Å². The van der Waals surface area contributed by atoms with Gasteiger partial charge in [-0.3, -0.25) is 19.0 Å². The van der Waals surface area contributed by atoms with Crippen LogP contribution in [0.3, 0.4) is 0 Å². The van der Waals surface area contributed by atoms with Gasteiger partial charge in [0.05, 0.1) is 18.7 Å². The van der Waals surface area contributed by atoms with E-state index < -0.39 is 42.9 Å². The first-order valence-corrected chi connectivity index (χ1v) is 15.3. The summed E-state index contributed by atoms with van der Waals surface area (Å²) in [6.07, 6.45) is -4.18. The number of amides is 2. The predicted octanol–water partition coefficient (Wildman–Crippen LogP) is 2.40. The van der Waals surface area contributed by atoms with Gasteiger partial charge in [0.2, 0.25) is 5.82 Å². The van der Waals surface area contributed by atoms with E-state index in [1.165, 1.54) is 47.5 Å². The van der Waals surface area contributed by atoms with Crippen molar-refractivity contribution in [2.24, 2.45) is 0 Å². The molecule has 2 fully saturated rings. The summed E-state index contributed by atoms with van der Waals surface area (Å²) in [6.45, 7) is 0.314. The lowest BCUT2D eigenvalue weighted by atomic mass is 10.1. The molecule has 14 nitrogen and oxygen atoms in total. The highest BCUT2D eigenvalue weighted by atomic mass is 35.5. The fourth-order valence-corrected chi connectivity index (χ4v) is 5.32. The number of Topliss-reactive ketones (excluding diaryl/α,β-unsaturated/α-hetero) is 1. The summed E-state index contributed by atoms with van der Waals surface area (Å²) in [6, 6.07) is 8.85. The van der Waals surface area contributed by atoms with Gasteiger partial charge in [0, 0.05) is 35.3 Å². The summed E-state index contributed by atoms with van der Waals surface area (Å²) in [7, 11) is 0. The molecule has 1 aliphatic carbocycles. The van der Waals surface area contributed by atoms with Crippen molar-refractivity contribution in [3.05, 3.63) is 75.3 Å². The van der Waals surface area contributed by atoms with Crippen LogP contribution in [0.2, 0.25) is 5.02 Å². The monoisotopic (exact) mass is 687 g/mol. The molecule has 2 N–H and O–H groups in total. The van der Waals surface area contributed by atoms with Crippen LogP contribution in [0.25, 0.3) is 17.2 Å². The number of likely N-dealkylation sites (tertiary alicyclic amines) is 1. The predicted molar refractivity (Wildman–Crippen MR) is 163 cm³/mol. The molecule has 1 aliphatic heterocycles. The van der Waals surface area contributed by atoms with Crippen molar-refractivity contribution in [1.82, 2.24) is 44.3 Å². The maximum absolute atomic E-state index is 13.8. The topological polar surface area (TPSA) is 170 Å². The average Bonchev–Trinajstić information content (AvgIpc) is 3.49. The largest absolute Gasteiger partial charge is 0.416 e. The molecule has 2 amide bonds. The highest BCUT2D eigenvalue weighted by molar-refractivity contribution is 6.30. The molecule has 4 heterocycles. The second-order valence-electron chi connectivity index (χ2n) is 12.0. The summed E-state index contributed by atoms with van der Waals surface area (Å²) in [4.78, 5) is 62.7. The number of carbonyl (C=O) groups is 3. The Hall–Kier alpha value is -4.90. The number of benzene rings is 1. The number of nitrogens with one attached hydrogen (secondary N) is 1. The second-order valence-corrected chi connectivity index (χ2v) is 12.4. The third-order valence-electron chi connectivity index (χ3n) is 8.08. The molecular formula is C30H29ClF3N9O5. The molecule has 4 aromatic rings. The molecule has 0 spiro atoms. The van der Waals surface area contributed by atoms with Crippen molar-refractivity contribution in [3.8, 4) is 17.2 Å². The first kappa shape index (κ1) is 33.0. The lowest BCUT2D eigenvalue weighted by Gasteiger charge is -2.25. The Kier molecular flexibility index (Phi) is 8.67. The molecule has 1 atom stereocenters. The zero-order chi connectivity index (χ0) is 34.4. The quantitative estimate of drug-likeness (QED) is 0.268. The van der Waals surface area contributed by atoms with E-state index in [9.17, 15) is 37.5 Å². The fourth-order valence-electron chi connectivity index (χ4n) is 5.19. The maximum Gasteiger partial charge on any atom is 0.416 e. The summed E-state index contributed by atoms with van der Waals surface area (Å²) < 4.78 is 42.5. The zero-order valence-electron chi connectivity index (χ0n) is 25.4. The number of hydrogen-bond acceptors (Lipinski definition) is 9. The number of piperidine rings is 1. The van der Waals surface area contributed by atoms with Gasteiger partial charge in [0.1, 0.15) is 6.54 Å². The van der Waals surface area contributed by atoms with Crippen LogP contribution in [0.15, 0.2) is 47.4 Å². The molecule has 0 unspecified atom stereocenters. The number of rotatable bonds is 9. The number of halogens is 4. The number of hydrogen-bond donors (Lipinski definition) is 2. The SMILES string of the molecule is CC1(NC(=O)c2cccnc2-n2nc(Cn3nc(-c4ccc(Cl)cc4)n(C[C@H](O)C(F)(F)F)c3=O)nc2C(=O)N2CCCC(=O)C2)CC1. The van der Waals surface area contributed by atoms with Crippen molar-refractivity contribution >= 4 is 29.2 Å². The number of aliphatic hydroxyl groups is 1. The van der Waals surface area contributed by atoms with E-state index in [0.717, 1.165) is 22.2 Å². The Morgan fingerprint density at radius 3 is 2.52 bits per heavy atom. The minimum absolute atomic E-state index is 0.0438. The second kappa shape index (κ2) is 12.6. The Bertz CT molecular complexity index is 1950. The van der Waals surface area contributed by atoms with E-state index in [4.69, 9.17) is 11.6 Å². The standard InChI is InChI=1S/C30H29ClF3N9O5/c1-29(10-11-29)37-26(46)20-5-2-12-35-24(20)43-25(27(47)40-13-3-4-19(44)14-40)36-22(38-43)16-42-28(48)41(15-21(45)30(32,33)34)23(39-42)17-6-8-18(31)9-7-17/h2,5-9,12,21,45H,3-4,10-11,13-16H2,1H3,(H,37,46)/t21-/m0/s1. The number of aromatic nitrogens is 7. The summed E-state index contributed by atoms with van der Waals surface area (Å²) >= 11 is 5.97. The van der Waals surface area contributed by atoms with Gasteiger partial charge in [-0.15, -0.1) is 10.2 Å². The fraction of sp³-hybridized carbons (Fsp3) is 0.400. The summed E-state index contributed by atoms with van der Waals surface area (Å²) in [5.74, 6) is -2.00. The molecule has 48 heavy (non-hydrogen) atoms. The summed E-state index contributed by atoms with van der Waals surface area (Å²) in [5, 5.41) is 21.7. The first-order chi connectivity index (χ1) is 22.7. The molecule has 1 saturated carbocycles. The van der Waals surface area contributed by atoms with Crippen LogP contribution in [-0.4, -0.2) is 92.6 Å². The van der Waals surface area contributed by atoms with Crippen LogP contribution in [-0.2, 0) is 17.9 Å². The molecule has 2 aliphatic rings. The Morgan fingerprint density at radius 1 is 1.12 bits per heavy atom. The van der Waals surface area contributed by atoms with Crippen LogP contribution >= 0.6 is 11.6 Å². The average molecular weight is 688 g/mol. The van der Waals surface area contributed by atoms with Gasteiger partial charge in [0.15, 0.2) is 29.4 Å². The minimum Gasteiger partial charge on any atom is -0.382 e. The number of aliphatic hydroxyl groups excluding tert-OH is 1. The summed E-state index contributed by atoms with van der Waals surface area (Å²) in [5.41, 5.74) is -1.09. The minimum atomic E-state index is -5.02. The van der Waals surface area contributed by atoms with Gasteiger partial charge in [-0.1, -0.05) is 11.6 Å². The van der Waals surface area contributed by atoms with Crippen molar-refractivity contribution in [2.75, 3.05) is 13.1 Å². The molecule has 18 heteroatoms. The molecule has 0 radical (unpaired) electrons. The molecule has 6 rings (SSSR count). The number of ketones is 1. The van der Waals surface area contributed by atoms with E-state index in [-0.39, 0.29) is 58.8 Å². The smallest absolute Gasteiger partial charge is 0.382 e. The zero-order valence-corrected chi connectivity index (χ0v) is 26.2. The Labute approximate surface area is 275 Å². The third-order valence-corrected chi connectivity index (χ3v) is 8.33. The molecule has 1 aromatic carbocycles. The van der Waals surface area contributed by atoms with Crippen LogP contribution < -0.4 is 11.0 Å². The van der Waals surface area contributed by atoms with Crippen molar-refractivity contribution in [1.29, 1.82) is 0 Å². The number of carbonyl (C=O) groups excluding carboxylic acids is 3. The highest BCUT2D eigenvalue weighted by Crippen LogP contribution is 2.35. The van der Waals surface area contributed by atoms with E-state index in [0.29, 0.717) is 22.4 Å². The van der Waals surface area contributed by atoms with E-state index >= 15 is 0 Å². The van der Waals surface area contributed by atoms with E-state index in [1.807, 2.05) is 6.92 Å². The van der Waals surface area contributed by atoms with Crippen LogP contribution in [0, 0.1) is 0 Å². The number of alkyl halides is 3. The first-order valence-electron chi connectivity index (χ1n) is 15.0. The van der Waals surface area contributed by atoms with Crippen LogP contribution in [0.4, 0.5) is 13.2 Å². The Balaban J connectivity index is 1.42. The van der Waals surface area contributed by atoms with Crippen molar-refractivity contribution in [3.63, 3.8) is 0 Å². The number of nitrogens with zero attached hydrogens (tertiary/aromatic N) is 8. The van der Waals surface area contributed by atoms with Gasteiger partial charge in [-0.2, -0.15) is 17.9 Å². The highest BCUT2D eigenvalue weighted by Gasteiger charge is 2.41. The molecule has 0 bridgehead atoms. The van der Waals surface area contributed by atoms with Crippen LogP contribution in [0.1, 0.15) is 59.4 Å². The maximum atomic E-state index is 13.8. The van der Waals surface area contributed by atoms with Gasteiger partial charge >= 0.3 is 11.9 Å². The lowest BCUT2D eigenvalue weighted by molar-refractivity contribution is -0.207. The van der Waals surface area contributed by atoms with Crippen molar-refractivity contribution < 1.29 is 32.7 Å².